The highest BCUT2D eigenvalue weighted by atomic mass is 19.4. The van der Waals surface area contributed by atoms with Crippen molar-refractivity contribution >= 4 is 23.6 Å². The molecule has 0 radical (unpaired) electrons. The summed E-state index contributed by atoms with van der Waals surface area (Å²) in [4.78, 5) is 51.8. The number of alkyl halides is 3. The second-order valence-corrected chi connectivity index (χ2v) is 11.1. The maximum absolute atomic E-state index is 13.5. The molecule has 12 heteroatoms. The number of likely N-dealkylation sites (tertiary alicyclic amines) is 1. The van der Waals surface area contributed by atoms with E-state index in [0.717, 1.165) is 19.3 Å². The van der Waals surface area contributed by atoms with Crippen molar-refractivity contribution in [3.63, 3.8) is 0 Å². The molecule has 4 rings (SSSR count). The maximum atomic E-state index is 13.5. The summed E-state index contributed by atoms with van der Waals surface area (Å²) in [6.45, 7) is 4.63. The van der Waals surface area contributed by atoms with Gasteiger partial charge in [-0.25, -0.2) is 0 Å². The normalized spacial score (nSPS) is 30.3. The Labute approximate surface area is 207 Å². The molecule has 198 valence electrons. The van der Waals surface area contributed by atoms with Crippen LogP contribution in [-0.2, 0) is 19.2 Å². The Kier molecular flexibility index (Phi) is 6.96. The van der Waals surface area contributed by atoms with Crippen LogP contribution in [0.1, 0.15) is 52.4 Å². The van der Waals surface area contributed by atoms with Crippen LogP contribution < -0.4 is 16.0 Å². The van der Waals surface area contributed by atoms with Gasteiger partial charge in [0.2, 0.25) is 17.7 Å². The lowest BCUT2D eigenvalue weighted by Crippen LogP contribution is -2.58. The van der Waals surface area contributed by atoms with Crippen molar-refractivity contribution in [2.45, 2.75) is 76.7 Å². The minimum atomic E-state index is -5.13. The van der Waals surface area contributed by atoms with Gasteiger partial charge in [-0.15, -0.1) is 0 Å². The van der Waals surface area contributed by atoms with E-state index in [1.165, 1.54) is 4.90 Å². The van der Waals surface area contributed by atoms with Crippen molar-refractivity contribution in [3.8, 4) is 6.07 Å². The van der Waals surface area contributed by atoms with Crippen LogP contribution in [0.4, 0.5) is 13.2 Å². The van der Waals surface area contributed by atoms with E-state index in [9.17, 15) is 37.6 Å². The van der Waals surface area contributed by atoms with Gasteiger partial charge in [-0.1, -0.05) is 33.1 Å². The molecule has 2 aliphatic heterocycles. The number of nitriles is 1. The molecule has 4 amide bonds. The number of hydrogen-bond donors (Lipinski definition) is 3. The number of fused-ring (bicyclic) bond motifs is 1. The minimum Gasteiger partial charge on any atom is -0.356 e. The number of carbonyl (C=O) groups excluding carboxylic acids is 4. The summed E-state index contributed by atoms with van der Waals surface area (Å²) in [7, 11) is 0. The molecule has 6 atom stereocenters. The SMILES string of the molecule is CC1(C)[C@@H]2[C@@H](C(=O)NC(C#N)C[C@@H]3CCNC3=O)N(C(=O)C(CC3CCC3)NC(=O)C(F)(F)F)C[C@@H]21. The van der Waals surface area contributed by atoms with Crippen molar-refractivity contribution in [1.82, 2.24) is 20.9 Å². The Balaban J connectivity index is 1.50. The standard InChI is InChI=1S/C24H32F3N5O4/c1-23(2)15-11-32(21(35)16(8-12-4-3-5-12)31-22(36)24(25,26)27)18(17(15)23)20(34)30-14(10-28)9-13-6-7-29-19(13)33/h12-18H,3-9,11H2,1-2H3,(H,29,33)(H,30,34)(H,31,36)/t13-,14?,15-,16?,17-,18-/m0/s1. The molecular weight excluding hydrogens is 479 g/mol. The highest BCUT2D eigenvalue weighted by Gasteiger charge is 2.69. The summed E-state index contributed by atoms with van der Waals surface area (Å²) in [5, 5.41) is 16.8. The van der Waals surface area contributed by atoms with Gasteiger partial charge in [-0.3, -0.25) is 19.2 Å². The van der Waals surface area contributed by atoms with Gasteiger partial charge in [0.05, 0.1) is 6.07 Å². The van der Waals surface area contributed by atoms with Crippen LogP contribution in [0.15, 0.2) is 0 Å². The Morgan fingerprint density at radius 2 is 1.89 bits per heavy atom. The van der Waals surface area contributed by atoms with E-state index in [4.69, 9.17) is 0 Å². The molecule has 0 spiro atoms. The van der Waals surface area contributed by atoms with E-state index in [1.54, 1.807) is 0 Å². The van der Waals surface area contributed by atoms with Crippen molar-refractivity contribution in [2.24, 2.45) is 29.1 Å². The molecule has 2 saturated heterocycles. The fraction of sp³-hybridized carbons (Fsp3) is 0.792. The van der Waals surface area contributed by atoms with Crippen molar-refractivity contribution < 1.29 is 32.3 Å². The van der Waals surface area contributed by atoms with Gasteiger partial charge in [0.25, 0.3) is 0 Å². The lowest BCUT2D eigenvalue weighted by Gasteiger charge is -2.36. The van der Waals surface area contributed by atoms with Crippen LogP contribution in [0.25, 0.3) is 0 Å². The Bertz CT molecular complexity index is 974. The van der Waals surface area contributed by atoms with Crippen molar-refractivity contribution in [3.05, 3.63) is 0 Å². The van der Waals surface area contributed by atoms with Gasteiger partial charge < -0.3 is 20.9 Å². The molecule has 4 aliphatic rings. The third kappa shape index (κ3) is 5.02. The molecular formula is C24H32F3N5O4. The van der Waals surface area contributed by atoms with Crippen LogP contribution >= 0.6 is 0 Å². The zero-order chi connectivity index (χ0) is 26.4. The molecule has 0 bridgehead atoms. The van der Waals surface area contributed by atoms with Gasteiger partial charge in [-0.05, 0) is 42.4 Å². The van der Waals surface area contributed by atoms with E-state index in [0.29, 0.717) is 13.0 Å². The monoisotopic (exact) mass is 511 g/mol. The Hall–Kier alpha value is -2.84. The number of hydrogen-bond acceptors (Lipinski definition) is 5. The average Bonchev–Trinajstić information content (AvgIpc) is 3.13. The number of halogens is 3. The number of nitrogens with one attached hydrogen (secondary N) is 3. The van der Waals surface area contributed by atoms with Gasteiger partial charge >= 0.3 is 12.1 Å². The lowest BCUT2D eigenvalue weighted by molar-refractivity contribution is -0.175. The molecule has 36 heavy (non-hydrogen) atoms. The Morgan fingerprint density at radius 3 is 2.42 bits per heavy atom. The predicted molar refractivity (Wildman–Crippen MR) is 119 cm³/mol. The predicted octanol–water partition coefficient (Wildman–Crippen LogP) is 1.24. The highest BCUT2D eigenvalue weighted by Crippen LogP contribution is 2.65. The van der Waals surface area contributed by atoms with Crippen LogP contribution in [-0.4, -0.2) is 65.9 Å². The number of nitrogens with zero attached hydrogens (tertiary/aromatic N) is 2. The van der Waals surface area contributed by atoms with E-state index in [2.05, 4.69) is 10.6 Å². The van der Waals surface area contributed by atoms with Gasteiger partial charge in [0, 0.05) is 19.0 Å². The summed E-state index contributed by atoms with van der Waals surface area (Å²) in [5.74, 6) is -4.20. The van der Waals surface area contributed by atoms with Crippen LogP contribution in [0.5, 0.6) is 0 Å². The number of carbonyl (C=O) groups is 4. The second kappa shape index (κ2) is 9.56. The fourth-order valence-corrected chi connectivity index (χ4v) is 6.09. The number of piperidine rings is 1. The average molecular weight is 512 g/mol. The third-order valence-electron chi connectivity index (χ3n) is 8.57. The topological polar surface area (TPSA) is 131 Å². The summed E-state index contributed by atoms with van der Waals surface area (Å²) >= 11 is 0. The molecule has 4 fully saturated rings. The molecule has 2 unspecified atom stereocenters. The van der Waals surface area contributed by atoms with Crippen LogP contribution in [0.2, 0.25) is 0 Å². The van der Waals surface area contributed by atoms with Gasteiger partial charge in [-0.2, -0.15) is 18.4 Å². The maximum Gasteiger partial charge on any atom is 0.471 e. The molecule has 3 N–H and O–H groups in total. The van der Waals surface area contributed by atoms with E-state index in [1.807, 2.05) is 25.2 Å². The fourth-order valence-electron chi connectivity index (χ4n) is 6.09. The molecule has 0 aromatic rings. The van der Waals surface area contributed by atoms with Crippen molar-refractivity contribution in [2.75, 3.05) is 13.1 Å². The summed E-state index contributed by atoms with van der Waals surface area (Å²) in [6, 6.07) is -1.28. The first kappa shape index (κ1) is 26.2. The Morgan fingerprint density at radius 1 is 1.19 bits per heavy atom. The van der Waals surface area contributed by atoms with Crippen LogP contribution in [0, 0.1) is 40.4 Å². The van der Waals surface area contributed by atoms with E-state index >= 15 is 0 Å². The first-order chi connectivity index (χ1) is 16.8. The van der Waals surface area contributed by atoms with Crippen LogP contribution in [0.3, 0.4) is 0 Å². The molecule has 0 aromatic heterocycles. The molecule has 2 heterocycles. The minimum absolute atomic E-state index is 0.0129. The molecule has 9 nitrogen and oxygen atoms in total. The largest absolute Gasteiger partial charge is 0.471 e. The first-order valence-electron chi connectivity index (χ1n) is 12.5. The molecule has 2 saturated carbocycles. The van der Waals surface area contributed by atoms with Gasteiger partial charge in [0.15, 0.2) is 0 Å². The van der Waals surface area contributed by atoms with Gasteiger partial charge in [0.1, 0.15) is 18.1 Å². The summed E-state index contributed by atoms with van der Waals surface area (Å²) < 4.78 is 38.9. The van der Waals surface area contributed by atoms with E-state index in [-0.39, 0.29) is 48.5 Å². The molecule has 0 aromatic carbocycles. The third-order valence-corrected chi connectivity index (χ3v) is 8.57. The first-order valence-corrected chi connectivity index (χ1v) is 12.5. The highest BCUT2D eigenvalue weighted by molar-refractivity contribution is 5.94. The quantitative estimate of drug-likeness (QED) is 0.451. The number of rotatable bonds is 8. The van der Waals surface area contributed by atoms with E-state index < -0.39 is 47.9 Å². The zero-order valence-electron chi connectivity index (χ0n) is 20.4. The number of amides is 4. The summed E-state index contributed by atoms with van der Waals surface area (Å²) in [6.07, 6.45) is -1.89. The summed E-state index contributed by atoms with van der Waals surface area (Å²) in [5.41, 5.74) is -0.245. The smallest absolute Gasteiger partial charge is 0.356 e. The second-order valence-electron chi connectivity index (χ2n) is 11.1. The van der Waals surface area contributed by atoms with Crippen molar-refractivity contribution in [1.29, 1.82) is 5.26 Å². The lowest BCUT2D eigenvalue weighted by atomic mass is 9.80. The molecule has 2 aliphatic carbocycles. The zero-order valence-corrected chi connectivity index (χ0v) is 20.4.